The fourth-order valence-electron chi connectivity index (χ4n) is 1.80. The highest BCUT2D eigenvalue weighted by Crippen LogP contribution is 2.22. The number of hydrogen-bond acceptors (Lipinski definition) is 6. The second kappa shape index (κ2) is 7.77. The second-order valence-electron chi connectivity index (χ2n) is 5.08. The summed E-state index contributed by atoms with van der Waals surface area (Å²) >= 11 is 1.07. The number of carbonyl (C=O) groups excluding carboxylic acids is 1. The SMILES string of the molecule is CC(C)Oc1ccc(C=NN=C2NC(=O)[C@H](CC(=O)O)S2)cc1. The van der Waals surface area contributed by atoms with Crippen LogP contribution in [0.5, 0.6) is 5.75 Å². The van der Waals surface area contributed by atoms with Gasteiger partial charge in [0, 0.05) is 0 Å². The van der Waals surface area contributed by atoms with Crippen LogP contribution in [0.4, 0.5) is 0 Å². The van der Waals surface area contributed by atoms with Crippen LogP contribution in [-0.2, 0) is 9.59 Å². The molecule has 1 aromatic carbocycles. The highest BCUT2D eigenvalue weighted by atomic mass is 32.2. The third-order valence-corrected chi connectivity index (χ3v) is 3.82. The molecule has 122 valence electrons. The minimum atomic E-state index is -1.02. The third-order valence-electron chi connectivity index (χ3n) is 2.74. The topological polar surface area (TPSA) is 100 Å². The van der Waals surface area contributed by atoms with Crippen molar-refractivity contribution in [2.24, 2.45) is 10.2 Å². The van der Waals surface area contributed by atoms with E-state index in [1.165, 1.54) is 0 Å². The van der Waals surface area contributed by atoms with Crippen LogP contribution in [0, 0.1) is 0 Å². The number of nitrogens with zero attached hydrogens (tertiary/aromatic N) is 2. The third kappa shape index (κ3) is 5.41. The van der Waals surface area contributed by atoms with Gasteiger partial charge in [-0.15, -0.1) is 5.10 Å². The van der Waals surface area contributed by atoms with E-state index in [2.05, 4.69) is 15.5 Å². The summed E-state index contributed by atoms with van der Waals surface area (Å²) in [7, 11) is 0. The molecule has 1 atom stereocenters. The molecule has 0 bridgehead atoms. The number of benzene rings is 1. The first kappa shape index (κ1) is 17.0. The Morgan fingerprint density at radius 3 is 2.74 bits per heavy atom. The molecule has 1 aromatic rings. The molecule has 1 fully saturated rings. The Kier molecular flexibility index (Phi) is 5.75. The molecule has 1 aliphatic rings. The van der Waals surface area contributed by atoms with Gasteiger partial charge in [0.1, 0.15) is 11.0 Å². The quantitative estimate of drug-likeness (QED) is 0.610. The number of carboxylic acid groups (broad SMARTS) is 1. The molecule has 0 unspecified atom stereocenters. The van der Waals surface area contributed by atoms with Crippen LogP contribution in [0.3, 0.4) is 0 Å². The van der Waals surface area contributed by atoms with Crippen molar-refractivity contribution >= 4 is 35.0 Å². The van der Waals surface area contributed by atoms with Crippen LogP contribution in [0.25, 0.3) is 0 Å². The molecule has 0 saturated carbocycles. The fraction of sp³-hybridized carbons (Fsp3) is 0.333. The minimum absolute atomic E-state index is 0.114. The first-order chi connectivity index (χ1) is 10.9. The van der Waals surface area contributed by atoms with Crippen LogP contribution in [0.15, 0.2) is 34.5 Å². The summed E-state index contributed by atoms with van der Waals surface area (Å²) in [5.74, 6) is -0.605. The van der Waals surface area contributed by atoms with E-state index in [0.29, 0.717) is 5.17 Å². The van der Waals surface area contributed by atoms with E-state index in [1.54, 1.807) is 6.21 Å². The normalized spacial score (nSPS) is 19.5. The summed E-state index contributed by atoms with van der Waals surface area (Å²) in [5.41, 5.74) is 0.835. The average molecular weight is 335 g/mol. The molecule has 0 spiro atoms. The van der Waals surface area contributed by atoms with Gasteiger partial charge in [-0.2, -0.15) is 5.10 Å². The smallest absolute Gasteiger partial charge is 0.305 e. The molecule has 7 nitrogen and oxygen atoms in total. The average Bonchev–Trinajstić information content (AvgIpc) is 2.80. The van der Waals surface area contributed by atoms with E-state index in [-0.39, 0.29) is 18.4 Å². The van der Waals surface area contributed by atoms with Crippen molar-refractivity contribution < 1.29 is 19.4 Å². The first-order valence-corrected chi connectivity index (χ1v) is 7.89. The summed E-state index contributed by atoms with van der Waals surface area (Å²) in [6.07, 6.45) is 1.42. The predicted octanol–water partition coefficient (Wildman–Crippen LogP) is 1.87. The van der Waals surface area contributed by atoms with Crippen LogP contribution >= 0.6 is 11.8 Å². The number of carboxylic acids is 1. The number of amides is 1. The van der Waals surface area contributed by atoms with Gasteiger partial charge in [0.15, 0.2) is 5.17 Å². The van der Waals surface area contributed by atoms with Crippen molar-refractivity contribution in [2.45, 2.75) is 31.6 Å². The van der Waals surface area contributed by atoms with Gasteiger partial charge in [-0.05, 0) is 43.7 Å². The summed E-state index contributed by atoms with van der Waals surface area (Å²) in [6, 6.07) is 7.36. The molecule has 1 amide bonds. The molecule has 1 aliphatic heterocycles. The van der Waals surface area contributed by atoms with E-state index in [1.807, 2.05) is 38.1 Å². The second-order valence-corrected chi connectivity index (χ2v) is 6.27. The Morgan fingerprint density at radius 1 is 1.43 bits per heavy atom. The van der Waals surface area contributed by atoms with Crippen LogP contribution in [0.1, 0.15) is 25.8 Å². The largest absolute Gasteiger partial charge is 0.491 e. The van der Waals surface area contributed by atoms with Crippen molar-refractivity contribution in [1.29, 1.82) is 0 Å². The Balaban J connectivity index is 1.93. The van der Waals surface area contributed by atoms with Gasteiger partial charge < -0.3 is 15.2 Å². The van der Waals surface area contributed by atoms with Gasteiger partial charge in [-0.25, -0.2) is 0 Å². The first-order valence-electron chi connectivity index (χ1n) is 7.01. The lowest BCUT2D eigenvalue weighted by molar-refractivity contribution is -0.138. The number of amidine groups is 1. The van der Waals surface area contributed by atoms with Gasteiger partial charge in [0.25, 0.3) is 0 Å². The monoisotopic (exact) mass is 335 g/mol. The number of aliphatic carboxylic acids is 1. The van der Waals surface area contributed by atoms with Crippen LogP contribution in [-0.4, -0.2) is 39.7 Å². The van der Waals surface area contributed by atoms with Crippen molar-refractivity contribution in [3.05, 3.63) is 29.8 Å². The molecule has 0 aromatic heterocycles. The molecule has 0 aliphatic carbocycles. The van der Waals surface area contributed by atoms with Gasteiger partial charge >= 0.3 is 5.97 Å². The highest BCUT2D eigenvalue weighted by molar-refractivity contribution is 8.15. The lowest BCUT2D eigenvalue weighted by atomic mass is 10.2. The molecule has 1 heterocycles. The number of hydrogen-bond donors (Lipinski definition) is 2. The van der Waals surface area contributed by atoms with E-state index < -0.39 is 11.2 Å². The molecule has 23 heavy (non-hydrogen) atoms. The van der Waals surface area contributed by atoms with Gasteiger partial charge in [0.2, 0.25) is 5.91 Å². The zero-order valence-corrected chi connectivity index (χ0v) is 13.5. The maximum atomic E-state index is 11.5. The van der Waals surface area contributed by atoms with Crippen molar-refractivity contribution in [2.75, 3.05) is 0 Å². The summed E-state index contributed by atoms with van der Waals surface area (Å²) in [5, 5.41) is 18.6. The standard InChI is InChI=1S/C15H17N3O4S/c1-9(2)22-11-5-3-10(4-6-11)8-16-18-15-17-14(21)12(23-15)7-13(19)20/h3-6,8-9,12H,7H2,1-2H3,(H,19,20)(H,17,18,21)/t12-/m0/s1. The Bertz CT molecular complexity index is 641. The van der Waals surface area contributed by atoms with Crippen LogP contribution in [0.2, 0.25) is 0 Å². The van der Waals surface area contributed by atoms with Crippen molar-refractivity contribution in [3.63, 3.8) is 0 Å². The number of ether oxygens (including phenoxy) is 1. The van der Waals surface area contributed by atoms with E-state index in [4.69, 9.17) is 9.84 Å². The molecule has 8 heteroatoms. The number of nitrogens with one attached hydrogen (secondary N) is 1. The van der Waals surface area contributed by atoms with Crippen molar-refractivity contribution in [1.82, 2.24) is 5.32 Å². The predicted molar refractivity (Wildman–Crippen MR) is 89.0 cm³/mol. The van der Waals surface area contributed by atoms with Crippen LogP contribution < -0.4 is 10.1 Å². The molecule has 0 radical (unpaired) electrons. The highest BCUT2D eigenvalue weighted by Gasteiger charge is 2.32. The summed E-state index contributed by atoms with van der Waals surface area (Å²) in [6.45, 7) is 3.91. The van der Waals surface area contributed by atoms with Crippen molar-refractivity contribution in [3.8, 4) is 5.75 Å². The molecule has 1 saturated heterocycles. The lowest BCUT2D eigenvalue weighted by Gasteiger charge is -2.08. The van der Waals surface area contributed by atoms with Gasteiger partial charge in [-0.3, -0.25) is 9.59 Å². The lowest BCUT2D eigenvalue weighted by Crippen LogP contribution is -2.26. The zero-order valence-electron chi connectivity index (χ0n) is 12.7. The van der Waals surface area contributed by atoms with E-state index >= 15 is 0 Å². The summed E-state index contributed by atoms with van der Waals surface area (Å²) < 4.78 is 5.54. The van der Waals surface area contributed by atoms with Gasteiger partial charge in [-0.1, -0.05) is 11.8 Å². The Labute approximate surface area is 137 Å². The number of carbonyl (C=O) groups is 2. The Morgan fingerprint density at radius 2 is 2.13 bits per heavy atom. The molecule has 2 N–H and O–H groups in total. The fourth-order valence-corrected chi connectivity index (χ4v) is 2.71. The zero-order chi connectivity index (χ0) is 16.8. The maximum absolute atomic E-state index is 11.5. The molecule has 2 rings (SSSR count). The molecular formula is C15H17N3O4S. The van der Waals surface area contributed by atoms with E-state index in [9.17, 15) is 9.59 Å². The maximum Gasteiger partial charge on any atom is 0.305 e. The summed E-state index contributed by atoms with van der Waals surface area (Å²) in [4.78, 5) is 22.2. The molecular weight excluding hydrogens is 318 g/mol. The van der Waals surface area contributed by atoms with Gasteiger partial charge in [0.05, 0.1) is 18.7 Å². The number of rotatable bonds is 6. The minimum Gasteiger partial charge on any atom is -0.491 e. The number of thioether (sulfide) groups is 1. The van der Waals surface area contributed by atoms with E-state index in [0.717, 1.165) is 23.1 Å². The Hall–Kier alpha value is -2.35.